The van der Waals surface area contributed by atoms with Crippen molar-refractivity contribution in [1.82, 2.24) is 9.80 Å². The summed E-state index contributed by atoms with van der Waals surface area (Å²) in [5.74, 6) is 0.633. The Balaban J connectivity index is 1.78. The van der Waals surface area contributed by atoms with Gasteiger partial charge in [0.15, 0.2) is 0 Å². The SMILES string of the molecule is CC(=O)N1CCN(C(=O)C(C)SCC(O)c2ccccc2)CC1. The second kappa shape index (κ2) is 8.36. The third kappa shape index (κ3) is 4.97. The van der Waals surface area contributed by atoms with Crippen LogP contribution >= 0.6 is 11.8 Å². The van der Waals surface area contributed by atoms with E-state index in [1.165, 1.54) is 11.8 Å². The van der Waals surface area contributed by atoms with Gasteiger partial charge in [-0.25, -0.2) is 0 Å². The maximum Gasteiger partial charge on any atom is 0.235 e. The van der Waals surface area contributed by atoms with Gasteiger partial charge in [-0.15, -0.1) is 11.8 Å². The Bertz CT molecular complexity index is 530. The standard InChI is InChI=1S/C17H24N2O3S/c1-13(23-12-16(21)15-6-4-3-5-7-15)17(22)19-10-8-18(9-11-19)14(2)20/h3-7,13,16,21H,8-12H2,1-2H3. The van der Waals surface area contributed by atoms with Crippen LogP contribution in [0.2, 0.25) is 0 Å². The van der Waals surface area contributed by atoms with E-state index in [2.05, 4.69) is 0 Å². The van der Waals surface area contributed by atoms with Gasteiger partial charge in [0.05, 0.1) is 11.4 Å². The van der Waals surface area contributed by atoms with E-state index in [1.807, 2.05) is 42.2 Å². The van der Waals surface area contributed by atoms with Crippen LogP contribution in [0.15, 0.2) is 30.3 Å². The molecule has 0 bridgehead atoms. The molecule has 0 aliphatic carbocycles. The Labute approximate surface area is 141 Å². The third-order valence-corrected chi connectivity index (χ3v) is 5.28. The van der Waals surface area contributed by atoms with E-state index in [9.17, 15) is 14.7 Å². The second-order valence-electron chi connectivity index (χ2n) is 5.73. The Kier molecular flexibility index (Phi) is 6.47. The maximum atomic E-state index is 12.4. The molecule has 2 rings (SSSR count). The molecule has 2 amide bonds. The van der Waals surface area contributed by atoms with E-state index in [0.29, 0.717) is 31.9 Å². The van der Waals surface area contributed by atoms with Crippen molar-refractivity contribution < 1.29 is 14.7 Å². The van der Waals surface area contributed by atoms with Crippen LogP contribution in [0.25, 0.3) is 0 Å². The number of benzene rings is 1. The predicted molar refractivity (Wildman–Crippen MR) is 92.2 cm³/mol. The van der Waals surface area contributed by atoms with Crippen LogP contribution in [0.3, 0.4) is 0 Å². The molecule has 1 aromatic carbocycles. The maximum absolute atomic E-state index is 12.4. The van der Waals surface area contributed by atoms with Crippen molar-refractivity contribution in [3.8, 4) is 0 Å². The number of hydrogen-bond acceptors (Lipinski definition) is 4. The van der Waals surface area contributed by atoms with Gasteiger partial charge in [0.1, 0.15) is 0 Å². The minimum absolute atomic E-state index is 0.0607. The molecule has 6 heteroatoms. The first-order chi connectivity index (χ1) is 11.0. The molecule has 2 atom stereocenters. The average molecular weight is 336 g/mol. The highest BCUT2D eigenvalue weighted by Crippen LogP contribution is 2.22. The van der Waals surface area contributed by atoms with E-state index >= 15 is 0 Å². The van der Waals surface area contributed by atoms with Crippen molar-refractivity contribution in [2.24, 2.45) is 0 Å². The molecule has 1 aliphatic rings. The molecule has 1 heterocycles. The zero-order valence-electron chi connectivity index (χ0n) is 13.6. The summed E-state index contributed by atoms with van der Waals surface area (Å²) in [6, 6.07) is 9.48. The number of hydrogen-bond donors (Lipinski definition) is 1. The van der Waals surface area contributed by atoms with Crippen LogP contribution in [0, 0.1) is 0 Å². The lowest BCUT2D eigenvalue weighted by Crippen LogP contribution is -2.51. The van der Waals surface area contributed by atoms with Crippen molar-refractivity contribution in [1.29, 1.82) is 0 Å². The first kappa shape index (κ1) is 17.8. The summed E-state index contributed by atoms with van der Waals surface area (Å²) in [4.78, 5) is 27.3. The Morgan fingerprint density at radius 2 is 1.70 bits per heavy atom. The molecule has 0 aromatic heterocycles. The number of rotatable bonds is 5. The van der Waals surface area contributed by atoms with Gasteiger partial charge in [-0.05, 0) is 12.5 Å². The fourth-order valence-electron chi connectivity index (χ4n) is 2.58. The molecule has 1 fully saturated rings. The van der Waals surface area contributed by atoms with Gasteiger partial charge in [0.2, 0.25) is 11.8 Å². The molecular weight excluding hydrogens is 312 g/mol. The number of nitrogens with zero attached hydrogens (tertiary/aromatic N) is 2. The van der Waals surface area contributed by atoms with Gasteiger partial charge < -0.3 is 14.9 Å². The lowest BCUT2D eigenvalue weighted by atomic mass is 10.1. The van der Waals surface area contributed by atoms with Crippen molar-refractivity contribution in [2.45, 2.75) is 25.2 Å². The van der Waals surface area contributed by atoms with E-state index in [1.54, 1.807) is 11.8 Å². The van der Waals surface area contributed by atoms with Crippen LogP contribution in [0.4, 0.5) is 0 Å². The molecule has 2 unspecified atom stereocenters. The molecule has 1 saturated heterocycles. The number of carbonyl (C=O) groups is 2. The highest BCUT2D eigenvalue weighted by atomic mass is 32.2. The van der Waals surface area contributed by atoms with Gasteiger partial charge in [-0.1, -0.05) is 30.3 Å². The first-order valence-electron chi connectivity index (χ1n) is 7.88. The quantitative estimate of drug-likeness (QED) is 0.886. The summed E-state index contributed by atoms with van der Waals surface area (Å²) in [5.41, 5.74) is 0.870. The highest BCUT2D eigenvalue weighted by molar-refractivity contribution is 8.00. The van der Waals surface area contributed by atoms with Gasteiger partial charge in [0, 0.05) is 38.9 Å². The zero-order chi connectivity index (χ0) is 16.8. The largest absolute Gasteiger partial charge is 0.388 e. The Morgan fingerprint density at radius 1 is 1.13 bits per heavy atom. The molecule has 5 nitrogen and oxygen atoms in total. The molecule has 126 valence electrons. The predicted octanol–water partition coefficient (Wildman–Crippen LogP) is 1.53. The Morgan fingerprint density at radius 3 is 2.26 bits per heavy atom. The molecule has 23 heavy (non-hydrogen) atoms. The fourth-order valence-corrected chi connectivity index (χ4v) is 3.53. The molecule has 1 aliphatic heterocycles. The van der Waals surface area contributed by atoms with Gasteiger partial charge >= 0.3 is 0 Å². The van der Waals surface area contributed by atoms with Crippen molar-refractivity contribution in [3.05, 3.63) is 35.9 Å². The smallest absolute Gasteiger partial charge is 0.235 e. The lowest BCUT2D eigenvalue weighted by Gasteiger charge is -2.35. The summed E-state index contributed by atoms with van der Waals surface area (Å²) >= 11 is 1.47. The first-order valence-corrected chi connectivity index (χ1v) is 8.93. The van der Waals surface area contributed by atoms with Gasteiger partial charge in [0.25, 0.3) is 0 Å². The Hall–Kier alpha value is -1.53. The molecular formula is C17H24N2O3S. The van der Waals surface area contributed by atoms with Crippen LogP contribution < -0.4 is 0 Å². The van der Waals surface area contributed by atoms with Gasteiger partial charge in [-0.2, -0.15) is 0 Å². The van der Waals surface area contributed by atoms with E-state index < -0.39 is 6.10 Å². The minimum atomic E-state index is -0.564. The normalized spacial score (nSPS) is 17.7. The highest BCUT2D eigenvalue weighted by Gasteiger charge is 2.26. The van der Waals surface area contributed by atoms with E-state index in [4.69, 9.17) is 0 Å². The van der Waals surface area contributed by atoms with Gasteiger partial charge in [-0.3, -0.25) is 9.59 Å². The van der Waals surface area contributed by atoms with Crippen molar-refractivity contribution in [3.63, 3.8) is 0 Å². The number of thioether (sulfide) groups is 1. The summed E-state index contributed by atoms with van der Waals surface area (Å²) in [7, 11) is 0. The molecule has 1 N–H and O–H groups in total. The fraction of sp³-hybridized carbons (Fsp3) is 0.529. The van der Waals surface area contributed by atoms with Crippen LogP contribution in [-0.4, -0.2) is 63.9 Å². The average Bonchev–Trinajstić information content (AvgIpc) is 2.59. The second-order valence-corrected chi connectivity index (χ2v) is 7.11. The topological polar surface area (TPSA) is 60.9 Å². The summed E-state index contributed by atoms with van der Waals surface area (Å²) < 4.78 is 0. The minimum Gasteiger partial charge on any atom is -0.388 e. The molecule has 0 spiro atoms. The molecule has 1 aromatic rings. The van der Waals surface area contributed by atoms with Crippen molar-refractivity contribution in [2.75, 3.05) is 31.9 Å². The molecule has 0 saturated carbocycles. The monoisotopic (exact) mass is 336 g/mol. The summed E-state index contributed by atoms with van der Waals surface area (Å²) in [5, 5.41) is 9.97. The van der Waals surface area contributed by atoms with E-state index in [0.717, 1.165) is 5.56 Å². The summed E-state index contributed by atoms with van der Waals surface area (Å²) in [6.07, 6.45) is -0.564. The van der Waals surface area contributed by atoms with E-state index in [-0.39, 0.29) is 17.1 Å². The van der Waals surface area contributed by atoms with Crippen molar-refractivity contribution >= 4 is 23.6 Å². The third-order valence-electron chi connectivity index (χ3n) is 4.07. The van der Waals surface area contributed by atoms with Crippen LogP contribution in [-0.2, 0) is 9.59 Å². The lowest BCUT2D eigenvalue weighted by molar-refractivity contribution is -0.137. The number of aliphatic hydroxyl groups is 1. The number of carbonyl (C=O) groups excluding carboxylic acids is 2. The summed E-state index contributed by atoms with van der Waals surface area (Å²) in [6.45, 7) is 5.81. The molecule has 0 radical (unpaired) electrons. The number of aliphatic hydroxyl groups excluding tert-OH is 1. The number of amides is 2. The van der Waals surface area contributed by atoms with Crippen LogP contribution in [0.5, 0.6) is 0 Å². The number of piperazine rings is 1. The van der Waals surface area contributed by atoms with Crippen LogP contribution in [0.1, 0.15) is 25.5 Å². The zero-order valence-corrected chi connectivity index (χ0v) is 14.5.